The van der Waals surface area contributed by atoms with Gasteiger partial charge in [0.2, 0.25) is 10.0 Å². The van der Waals surface area contributed by atoms with Crippen molar-refractivity contribution in [2.45, 2.75) is 36.7 Å². The SMILES string of the molecule is CNCc1cc(S(=O)(=O)N2CC3CCC2C3)cs1. The maximum absolute atomic E-state index is 12.6. The van der Waals surface area contributed by atoms with E-state index in [0.717, 1.165) is 30.8 Å². The lowest BCUT2D eigenvalue weighted by atomic mass is 10.1. The molecule has 6 heteroatoms. The molecule has 18 heavy (non-hydrogen) atoms. The number of hydrogen-bond acceptors (Lipinski definition) is 4. The number of fused-ring (bicyclic) bond motifs is 2. The summed E-state index contributed by atoms with van der Waals surface area (Å²) in [7, 11) is -1.38. The number of nitrogens with zero attached hydrogens (tertiary/aromatic N) is 1. The molecule has 1 saturated heterocycles. The number of piperidine rings is 1. The molecule has 2 bridgehead atoms. The minimum Gasteiger partial charge on any atom is -0.315 e. The third kappa shape index (κ3) is 2.01. The summed E-state index contributed by atoms with van der Waals surface area (Å²) >= 11 is 1.51. The van der Waals surface area contributed by atoms with Crippen molar-refractivity contribution in [2.24, 2.45) is 5.92 Å². The van der Waals surface area contributed by atoms with E-state index in [1.54, 1.807) is 9.69 Å². The van der Waals surface area contributed by atoms with Gasteiger partial charge in [-0.25, -0.2) is 8.42 Å². The quantitative estimate of drug-likeness (QED) is 0.915. The van der Waals surface area contributed by atoms with Crippen molar-refractivity contribution in [3.05, 3.63) is 16.3 Å². The molecular weight excluding hydrogens is 268 g/mol. The molecule has 2 atom stereocenters. The van der Waals surface area contributed by atoms with Crippen LogP contribution in [-0.2, 0) is 16.6 Å². The van der Waals surface area contributed by atoms with E-state index < -0.39 is 10.0 Å². The van der Waals surface area contributed by atoms with Crippen molar-refractivity contribution in [1.82, 2.24) is 9.62 Å². The maximum Gasteiger partial charge on any atom is 0.244 e. The predicted octanol–water partition coefficient (Wildman–Crippen LogP) is 1.64. The Bertz CT molecular complexity index is 538. The first-order valence-corrected chi connectivity index (χ1v) is 8.67. The zero-order valence-corrected chi connectivity index (χ0v) is 12.1. The Morgan fingerprint density at radius 2 is 2.33 bits per heavy atom. The fourth-order valence-corrected chi connectivity index (χ4v) is 6.09. The zero-order chi connectivity index (χ0) is 12.8. The molecule has 4 nitrogen and oxygen atoms in total. The van der Waals surface area contributed by atoms with Gasteiger partial charge in [-0.3, -0.25) is 0 Å². The number of rotatable bonds is 4. The number of nitrogens with one attached hydrogen (secondary N) is 1. The van der Waals surface area contributed by atoms with Crippen LogP contribution in [0.1, 0.15) is 24.1 Å². The summed E-state index contributed by atoms with van der Waals surface area (Å²) in [5.41, 5.74) is 0. The Labute approximate surface area is 112 Å². The lowest BCUT2D eigenvalue weighted by Crippen LogP contribution is -2.37. The first-order valence-electron chi connectivity index (χ1n) is 6.35. The Balaban J connectivity index is 1.85. The average Bonchev–Trinajstić information content (AvgIpc) is 3.04. The van der Waals surface area contributed by atoms with Crippen LogP contribution in [0.15, 0.2) is 16.3 Å². The number of thiophene rings is 1. The van der Waals surface area contributed by atoms with E-state index in [1.807, 2.05) is 13.1 Å². The van der Waals surface area contributed by atoms with E-state index in [1.165, 1.54) is 17.8 Å². The van der Waals surface area contributed by atoms with Gasteiger partial charge in [-0.05, 0) is 38.3 Å². The van der Waals surface area contributed by atoms with Gasteiger partial charge in [0, 0.05) is 29.4 Å². The van der Waals surface area contributed by atoms with Crippen LogP contribution >= 0.6 is 11.3 Å². The first kappa shape index (κ1) is 12.6. The second-order valence-electron chi connectivity index (χ2n) is 5.19. The highest BCUT2D eigenvalue weighted by molar-refractivity contribution is 7.89. The number of hydrogen-bond donors (Lipinski definition) is 1. The van der Waals surface area contributed by atoms with E-state index in [4.69, 9.17) is 0 Å². The van der Waals surface area contributed by atoms with Crippen LogP contribution in [-0.4, -0.2) is 32.4 Å². The second-order valence-corrected chi connectivity index (χ2v) is 8.07. The van der Waals surface area contributed by atoms with Gasteiger partial charge in [0.1, 0.15) is 0 Å². The van der Waals surface area contributed by atoms with Gasteiger partial charge in [0.15, 0.2) is 0 Å². The molecular formula is C12H18N2O2S2. The van der Waals surface area contributed by atoms with E-state index in [0.29, 0.717) is 10.8 Å². The summed E-state index contributed by atoms with van der Waals surface area (Å²) in [5.74, 6) is 0.597. The lowest BCUT2D eigenvalue weighted by Gasteiger charge is -2.25. The van der Waals surface area contributed by atoms with Crippen LogP contribution in [0.25, 0.3) is 0 Å². The van der Waals surface area contributed by atoms with E-state index in [2.05, 4.69) is 5.32 Å². The molecule has 1 aliphatic heterocycles. The van der Waals surface area contributed by atoms with Crippen LogP contribution in [0.3, 0.4) is 0 Å². The highest BCUT2D eigenvalue weighted by Gasteiger charge is 2.44. The zero-order valence-electron chi connectivity index (χ0n) is 10.4. The largest absolute Gasteiger partial charge is 0.315 e. The molecule has 1 aliphatic carbocycles. The van der Waals surface area contributed by atoms with Gasteiger partial charge in [-0.1, -0.05) is 0 Å². The predicted molar refractivity (Wildman–Crippen MR) is 72.1 cm³/mol. The van der Waals surface area contributed by atoms with Crippen molar-refractivity contribution in [1.29, 1.82) is 0 Å². The molecule has 0 radical (unpaired) electrons. The Kier molecular flexibility index (Phi) is 3.21. The van der Waals surface area contributed by atoms with Gasteiger partial charge in [0.05, 0.1) is 4.90 Å². The highest BCUT2D eigenvalue weighted by atomic mass is 32.2. The molecule has 1 saturated carbocycles. The van der Waals surface area contributed by atoms with Crippen LogP contribution < -0.4 is 5.32 Å². The molecule has 2 fully saturated rings. The third-order valence-electron chi connectivity index (χ3n) is 3.95. The van der Waals surface area contributed by atoms with Crippen LogP contribution in [0.2, 0.25) is 0 Å². The maximum atomic E-state index is 12.6. The Morgan fingerprint density at radius 1 is 1.50 bits per heavy atom. The minimum absolute atomic E-state index is 0.257. The summed E-state index contributed by atoms with van der Waals surface area (Å²) in [5, 5.41) is 4.82. The van der Waals surface area contributed by atoms with Crippen LogP contribution in [0, 0.1) is 5.92 Å². The normalized spacial score (nSPS) is 28.1. The fourth-order valence-electron chi connectivity index (χ4n) is 3.07. The molecule has 2 unspecified atom stereocenters. The number of sulfonamides is 1. The summed E-state index contributed by atoms with van der Waals surface area (Å²) in [6.45, 7) is 1.45. The monoisotopic (exact) mass is 286 g/mol. The summed E-state index contributed by atoms with van der Waals surface area (Å²) in [6, 6.07) is 2.07. The van der Waals surface area contributed by atoms with Gasteiger partial charge in [0.25, 0.3) is 0 Å². The van der Waals surface area contributed by atoms with Crippen molar-refractivity contribution < 1.29 is 8.42 Å². The molecule has 1 aromatic heterocycles. The van der Waals surface area contributed by atoms with Gasteiger partial charge < -0.3 is 5.32 Å². The molecule has 0 spiro atoms. The van der Waals surface area contributed by atoms with Crippen LogP contribution in [0.5, 0.6) is 0 Å². The van der Waals surface area contributed by atoms with Crippen molar-refractivity contribution in [3.63, 3.8) is 0 Å². The standard InChI is InChI=1S/C12H18N2O2S2/c1-13-6-11-5-12(8-17-11)18(15,16)14-7-9-2-3-10(14)4-9/h5,8-10,13H,2-4,6-7H2,1H3. The molecule has 1 N–H and O–H groups in total. The van der Waals surface area contributed by atoms with Crippen LogP contribution in [0.4, 0.5) is 0 Å². The molecule has 0 amide bonds. The fraction of sp³-hybridized carbons (Fsp3) is 0.667. The highest BCUT2D eigenvalue weighted by Crippen LogP contribution is 2.40. The smallest absolute Gasteiger partial charge is 0.244 e. The van der Waals surface area contributed by atoms with Crippen molar-refractivity contribution >= 4 is 21.4 Å². The topological polar surface area (TPSA) is 49.4 Å². The average molecular weight is 286 g/mol. The third-order valence-corrected chi connectivity index (χ3v) is 6.93. The molecule has 100 valence electrons. The summed E-state index contributed by atoms with van der Waals surface area (Å²) in [4.78, 5) is 1.55. The van der Waals surface area contributed by atoms with Gasteiger partial charge >= 0.3 is 0 Å². The Morgan fingerprint density at radius 3 is 2.94 bits per heavy atom. The molecule has 0 aromatic carbocycles. The van der Waals surface area contributed by atoms with Crippen molar-refractivity contribution in [2.75, 3.05) is 13.6 Å². The molecule has 2 heterocycles. The van der Waals surface area contributed by atoms with E-state index >= 15 is 0 Å². The van der Waals surface area contributed by atoms with Crippen molar-refractivity contribution in [3.8, 4) is 0 Å². The molecule has 3 rings (SSSR count). The van der Waals surface area contributed by atoms with E-state index in [9.17, 15) is 8.42 Å². The first-order chi connectivity index (χ1) is 8.61. The molecule has 2 aliphatic rings. The second kappa shape index (κ2) is 4.59. The Hall–Kier alpha value is -0.430. The van der Waals surface area contributed by atoms with E-state index in [-0.39, 0.29) is 6.04 Å². The summed E-state index contributed by atoms with van der Waals surface area (Å²) < 4.78 is 26.8. The lowest BCUT2D eigenvalue weighted by molar-refractivity contribution is 0.333. The van der Waals surface area contributed by atoms with Gasteiger partial charge in [-0.2, -0.15) is 4.31 Å². The molecule has 1 aromatic rings. The summed E-state index contributed by atoms with van der Waals surface area (Å²) in [6.07, 6.45) is 3.30. The minimum atomic E-state index is -3.25. The van der Waals surface area contributed by atoms with Gasteiger partial charge in [-0.15, -0.1) is 11.3 Å².